The molecule has 0 aliphatic heterocycles. The highest BCUT2D eigenvalue weighted by molar-refractivity contribution is 5.92. The van der Waals surface area contributed by atoms with Gasteiger partial charge >= 0.3 is 5.69 Å². The number of rotatable bonds is 6. The summed E-state index contributed by atoms with van der Waals surface area (Å²) in [6.45, 7) is 3.89. The van der Waals surface area contributed by atoms with Crippen LogP contribution in [-0.2, 0) is 6.54 Å². The second kappa shape index (κ2) is 8.47. The lowest BCUT2D eigenvalue weighted by Crippen LogP contribution is -2.46. The van der Waals surface area contributed by atoms with Crippen LogP contribution in [0.25, 0.3) is 5.69 Å². The highest BCUT2D eigenvalue weighted by Crippen LogP contribution is 2.11. The fourth-order valence-corrected chi connectivity index (χ4v) is 2.91. The molecule has 7 nitrogen and oxygen atoms in total. The van der Waals surface area contributed by atoms with Gasteiger partial charge in [-0.25, -0.2) is 4.79 Å². The molecule has 0 aliphatic rings. The van der Waals surface area contributed by atoms with Crippen LogP contribution in [0.3, 0.4) is 0 Å². The largest absolute Gasteiger partial charge is 0.352 e. The van der Waals surface area contributed by atoms with E-state index >= 15 is 0 Å². The molecule has 0 radical (unpaired) electrons. The van der Waals surface area contributed by atoms with E-state index < -0.39 is 17.2 Å². The molecular formula is C21H22N4O3. The van der Waals surface area contributed by atoms with Gasteiger partial charge in [0.15, 0.2) is 0 Å². The van der Waals surface area contributed by atoms with Crippen molar-refractivity contribution in [2.45, 2.75) is 32.9 Å². The Hall–Kier alpha value is -3.48. The Labute approximate surface area is 162 Å². The summed E-state index contributed by atoms with van der Waals surface area (Å²) in [4.78, 5) is 38.3. The molecule has 0 aliphatic carbocycles. The average Bonchev–Trinajstić information content (AvgIpc) is 2.72. The maximum Gasteiger partial charge on any atom is 0.352 e. The van der Waals surface area contributed by atoms with Gasteiger partial charge in [-0.15, -0.1) is 0 Å². The standard InChI is InChI=1S/C21H22N4O3/c1-3-14-24-20(27)18(19(26)22-15(2)16-10-6-4-7-11-16)23-25(21(24)28)17-12-8-5-9-13-17/h4-13,15H,3,14H2,1-2H3,(H,22,26)/t15-/m0/s1. The number of hydrogen-bond donors (Lipinski definition) is 1. The minimum absolute atomic E-state index is 0.210. The van der Waals surface area contributed by atoms with E-state index in [4.69, 9.17) is 0 Å². The third-order valence-electron chi connectivity index (χ3n) is 4.37. The first-order valence-electron chi connectivity index (χ1n) is 9.18. The number of hydrogen-bond acceptors (Lipinski definition) is 4. The quantitative estimate of drug-likeness (QED) is 0.713. The van der Waals surface area contributed by atoms with Crippen molar-refractivity contribution >= 4 is 5.91 Å². The maximum absolute atomic E-state index is 12.8. The Kier molecular flexibility index (Phi) is 5.84. The summed E-state index contributed by atoms with van der Waals surface area (Å²) in [6, 6.07) is 17.8. The van der Waals surface area contributed by atoms with Gasteiger partial charge in [0.05, 0.1) is 11.7 Å². The molecule has 28 heavy (non-hydrogen) atoms. The maximum atomic E-state index is 12.8. The van der Waals surface area contributed by atoms with E-state index in [1.165, 1.54) is 0 Å². The van der Waals surface area contributed by atoms with Gasteiger partial charge in [-0.1, -0.05) is 55.5 Å². The summed E-state index contributed by atoms with van der Waals surface area (Å²) < 4.78 is 2.15. The molecule has 1 atom stereocenters. The number of nitrogens with zero attached hydrogens (tertiary/aromatic N) is 3. The predicted molar refractivity (Wildman–Crippen MR) is 107 cm³/mol. The molecule has 0 fully saturated rings. The van der Waals surface area contributed by atoms with E-state index in [9.17, 15) is 14.4 Å². The number of carbonyl (C=O) groups is 1. The van der Waals surface area contributed by atoms with E-state index in [2.05, 4.69) is 10.4 Å². The lowest BCUT2D eigenvalue weighted by Gasteiger charge is -2.15. The van der Waals surface area contributed by atoms with Crippen molar-refractivity contribution in [2.24, 2.45) is 0 Å². The Morgan fingerprint density at radius 3 is 2.25 bits per heavy atom. The van der Waals surface area contributed by atoms with E-state index in [0.29, 0.717) is 12.1 Å². The molecule has 0 unspecified atom stereocenters. The van der Waals surface area contributed by atoms with Crippen LogP contribution in [0.1, 0.15) is 42.4 Å². The van der Waals surface area contributed by atoms with Crippen LogP contribution in [0.15, 0.2) is 70.3 Å². The average molecular weight is 378 g/mol. The zero-order chi connectivity index (χ0) is 20.1. The topological polar surface area (TPSA) is 86.0 Å². The molecule has 2 aromatic carbocycles. The van der Waals surface area contributed by atoms with Crippen molar-refractivity contribution in [1.82, 2.24) is 19.7 Å². The SMILES string of the molecule is CCCn1c(=O)c(C(=O)N[C@@H](C)c2ccccc2)nn(-c2ccccc2)c1=O. The van der Waals surface area contributed by atoms with Gasteiger partial charge in [0.2, 0.25) is 5.69 Å². The molecule has 1 aromatic heterocycles. The van der Waals surface area contributed by atoms with E-state index in [1.54, 1.807) is 24.3 Å². The van der Waals surface area contributed by atoms with Crippen LogP contribution in [0.4, 0.5) is 0 Å². The molecule has 0 bridgehead atoms. The Balaban J connectivity index is 2.04. The monoisotopic (exact) mass is 378 g/mol. The molecule has 3 rings (SSSR count). The van der Waals surface area contributed by atoms with Crippen LogP contribution in [0, 0.1) is 0 Å². The van der Waals surface area contributed by atoms with Crippen LogP contribution in [0.5, 0.6) is 0 Å². The molecule has 0 saturated carbocycles. The molecular weight excluding hydrogens is 356 g/mol. The van der Waals surface area contributed by atoms with Crippen LogP contribution < -0.4 is 16.6 Å². The summed E-state index contributed by atoms with van der Waals surface area (Å²) >= 11 is 0. The van der Waals surface area contributed by atoms with Gasteiger partial charge in [0.25, 0.3) is 11.5 Å². The minimum atomic E-state index is -0.684. The second-order valence-electron chi connectivity index (χ2n) is 6.44. The lowest BCUT2D eigenvalue weighted by molar-refractivity contribution is 0.0930. The Bertz CT molecular complexity index is 1070. The molecule has 1 amide bonds. The Morgan fingerprint density at radius 1 is 1.04 bits per heavy atom. The van der Waals surface area contributed by atoms with Crippen molar-refractivity contribution < 1.29 is 4.79 Å². The molecule has 3 aromatic rings. The number of nitrogens with one attached hydrogen (secondary N) is 1. The Morgan fingerprint density at radius 2 is 1.64 bits per heavy atom. The fourth-order valence-electron chi connectivity index (χ4n) is 2.91. The third kappa shape index (κ3) is 3.93. The normalized spacial score (nSPS) is 11.8. The highest BCUT2D eigenvalue weighted by atomic mass is 16.2. The zero-order valence-corrected chi connectivity index (χ0v) is 15.8. The van der Waals surface area contributed by atoms with E-state index in [0.717, 1.165) is 14.8 Å². The van der Waals surface area contributed by atoms with Gasteiger partial charge < -0.3 is 5.32 Å². The van der Waals surface area contributed by atoms with Crippen molar-refractivity contribution in [2.75, 3.05) is 0 Å². The van der Waals surface area contributed by atoms with Crippen molar-refractivity contribution in [1.29, 1.82) is 0 Å². The van der Waals surface area contributed by atoms with E-state index in [-0.39, 0.29) is 18.3 Å². The lowest BCUT2D eigenvalue weighted by atomic mass is 10.1. The molecule has 7 heteroatoms. The summed E-state index contributed by atoms with van der Waals surface area (Å²) in [7, 11) is 0. The van der Waals surface area contributed by atoms with Gasteiger partial charge in [-0.3, -0.25) is 14.2 Å². The number of amides is 1. The molecule has 0 saturated heterocycles. The van der Waals surface area contributed by atoms with Gasteiger partial charge in [-0.2, -0.15) is 9.78 Å². The van der Waals surface area contributed by atoms with Crippen molar-refractivity contribution in [3.8, 4) is 5.69 Å². The summed E-state index contributed by atoms with van der Waals surface area (Å²) in [5, 5.41) is 6.88. The number of benzene rings is 2. The minimum Gasteiger partial charge on any atom is -0.344 e. The first-order chi connectivity index (χ1) is 13.5. The third-order valence-corrected chi connectivity index (χ3v) is 4.37. The second-order valence-corrected chi connectivity index (χ2v) is 6.44. The fraction of sp³-hybridized carbons (Fsp3) is 0.238. The predicted octanol–water partition coefficient (Wildman–Crippen LogP) is 2.30. The number of carbonyl (C=O) groups excluding carboxylic acids is 1. The summed E-state index contributed by atoms with van der Waals surface area (Å²) in [5.74, 6) is -0.615. The smallest absolute Gasteiger partial charge is 0.344 e. The number of para-hydroxylation sites is 1. The van der Waals surface area contributed by atoms with E-state index in [1.807, 2.05) is 50.2 Å². The first kappa shape index (κ1) is 19.3. The number of aromatic nitrogens is 3. The first-order valence-corrected chi connectivity index (χ1v) is 9.18. The zero-order valence-electron chi connectivity index (χ0n) is 15.8. The van der Waals surface area contributed by atoms with Crippen LogP contribution in [-0.4, -0.2) is 20.3 Å². The molecule has 144 valence electrons. The van der Waals surface area contributed by atoms with Gasteiger partial charge in [-0.05, 0) is 31.0 Å². The highest BCUT2D eigenvalue weighted by Gasteiger charge is 2.21. The summed E-state index contributed by atoms with van der Waals surface area (Å²) in [5.41, 5.74) is -0.161. The van der Waals surface area contributed by atoms with Gasteiger partial charge in [0, 0.05) is 6.54 Å². The van der Waals surface area contributed by atoms with Crippen molar-refractivity contribution in [3.05, 3.63) is 92.8 Å². The van der Waals surface area contributed by atoms with Crippen LogP contribution in [0.2, 0.25) is 0 Å². The molecule has 1 N–H and O–H groups in total. The summed E-state index contributed by atoms with van der Waals surface area (Å²) in [6.07, 6.45) is 0.579. The van der Waals surface area contributed by atoms with Crippen LogP contribution >= 0.6 is 0 Å². The molecule has 1 heterocycles. The van der Waals surface area contributed by atoms with Gasteiger partial charge in [0.1, 0.15) is 0 Å². The molecule has 0 spiro atoms. The van der Waals surface area contributed by atoms with Crippen molar-refractivity contribution in [3.63, 3.8) is 0 Å².